The number of ketones is 1. The van der Waals surface area contributed by atoms with Gasteiger partial charge in [0.1, 0.15) is 29.9 Å². The van der Waals surface area contributed by atoms with Crippen LogP contribution in [0.2, 0.25) is 0 Å². The number of H-pyrrole nitrogens is 1. The molecular formula is C23H20F5N5O2. The summed E-state index contributed by atoms with van der Waals surface area (Å²) in [6, 6.07) is 7.51. The summed E-state index contributed by atoms with van der Waals surface area (Å²) in [5.41, 5.74) is -1.58. The van der Waals surface area contributed by atoms with E-state index in [1.807, 2.05) is 0 Å². The molecular weight excluding hydrogens is 473 g/mol. The first-order valence-corrected chi connectivity index (χ1v) is 10.4. The van der Waals surface area contributed by atoms with E-state index in [4.69, 9.17) is 0 Å². The molecule has 1 unspecified atom stereocenters. The Hall–Kier alpha value is -3.64. The Labute approximate surface area is 195 Å². The van der Waals surface area contributed by atoms with Gasteiger partial charge in [0.15, 0.2) is 0 Å². The van der Waals surface area contributed by atoms with Crippen LogP contribution < -0.4 is 0 Å². The van der Waals surface area contributed by atoms with Gasteiger partial charge in [-0.15, -0.1) is 0 Å². The van der Waals surface area contributed by atoms with E-state index in [2.05, 4.69) is 15.1 Å². The number of aliphatic hydroxyl groups is 1. The quantitative estimate of drug-likeness (QED) is 0.288. The van der Waals surface area contributed by atoms with Crippen LogP contribution in [0.4, 0.5) is 22.0 Å². The Kier molecular flexibility index (Phi) is 6.43. The highest BCUT2D eigenvalue weighted by atomic mass is 19.4. The molecule has 0 aliphatic rings. The maximum absolute atomic E-state index is 14.6. The van der Waals surface area contributed by atoms with Crippen LogP contribution in [0.25, 0.3) is 10.9 Å². The summed E-state index contributed by atoms with van der Waals surface area (Å²) in [6.45, 7) is -0.195. The fourth-order valence-corrected chi connectivity index (χ4v) is 4.09. The van der Waals surface area contributed by atoms with Gasteiger partial charge in [-0.25, -0.2) is 18.4 Å². The van der Waals surface area contributed by atoms with Crippen molar-refractivity contribution in [3.05, 3.63) is 83.6 Å². The molecule has 0 aliphatic heterocycles. The monoisotopic (exact) mass is 493 g/mol. The van der Waals surface area contributed by atoms with Gasteiger partial charge in [0.25, 0.3) is 5.78 Å². The number of aromatic nitrogens is 4. The minimum Gasteiger partial charge on any atom is -0.382 e. The first-order chi connectivity index (χ1) is 16.5. The highest BCUT2D eigenvalue weighted by Gasteiger charge is 2.40. The molecule has 2 aromatic carbocycles. The number of rotatable bonds is 8. The van der Waals surface area contributed by atoms with Gasteiger partial charge in [0.05, 0.1) is 12.1 Å². The molecule has 35 heavy (non-hydrogen) atoms. The first kappa shape index (κ1) is 24.5. The summed E-state index contributed by atoms with van der Waals surface area (Å²) in [5, 5.41) is 15.5. The van der Waals surface area contributed by atoms with Gasteiger partial charge in [-0.05, 0) is 30.8 Å². The van der Waals surface area contributed by atoms with Crippen LogP contribution in [0.1, 0.15) is 21.5 Å². The minimum absolute atomic E-state index is 0.112. The minimum atomic E-state index is -5.01. The standard InChI is InChI=1S/C23H20F5N5O2/c1-32(9-14-2-5-20-16(6-14)17(8-30-20)21(34)23(26,27)28)10-22(35,11-33-13-29-12-31-33)18-4-3-15(24)7-19(18)25/h2-8,12-13,30,35H,9-11H2,1H3. The molecule has 4 rings (SSSR count). The molecule has 0 aliphatic carbocycles. The largest absolute Gasteiger partial charge is 0.454 e. The normalized spacial score (nSPS) is 13.9. The molecule has 0 saturated carbocycles. The molecule has 0 amide bonds. The maximum atomic E-state index is 14.6. The average molecular weight is 493 g/mol. The molecule has 1 atom stereocenters. The summed E-state index contributed by atoms with van der Waals surface area (Å²) in [4.78, 5) is 19.9. The Morgan fingerprint density at radius 2 is 1.94 bits per heavy atom. The van der Waals surface area contributed by atoms with Crippen LogP contribution in [-0.4, -0.2) is 55.3 Å². The summed E-state index contributed by atoms with van der Waals surface area (Å²) in [5.74, 6) is -3.69. The van der Waals surface area contributed by atoms with E-state index in [9.17, 15) is 31.9 Å². The van der Waals surface area contributed by atoms with Gasteiger partial charge in [-0.1, -0.05) is 12.1 Å². The topological polar surface area (TPSA) is 87.0 Å². The number of fused-ring (bicyclic) bond motifs is 1. The Morgan fingerprint density at radius 1 is 1.17 bits per heavy atom. The number of carbonyl (C=O) groups excluding carboxylic acids is 1. The molecule has 0 saturated heterocycles. The smallest absolute Gasteiger partial charge is 0.382 e. The molecule has 2 aromatic heterocycles. The molecule has 184 valence electrons. The van der Waals surface area contributed by atoms with E-state index in [0.717, 1.165) is 18.3 Å². The zero-order chi connectivity index (χ0) is 25.4. The number of Topliss-reactive ketones (excluding diaryl/α,β-unsaturated/α-hetero) is 1. The molecule has 7 nitrogen and oxygen atoms in total. The van der Waals surface area contributed by atoms with Crippen molar-refractivity contribution in [1.82, 2.24) is 24.6 Å². The van der Waals surface area contributed by atoms with Crippen molar-refractivity contribution in [1.29, 1.82) is 0 Å². The van der Waals surface area contributed by atoms with Crippen molar-refractivity contribution in [2.45, 2.75) is 24.9 Å². The fraction of sp³-hybridized carbons (Fsp3) is 0.261. The lowest BCUT2D eigenvalue weighted by molar-refractivity contribution is -0.0884. The second-order valence-corrected chi connectivity index (χ2v) is 8.33. The number of benzene rings is 2. The molecule has 0 spiro atoms. The third-order valence-electron chi connectivity index (χ3n) is 5.55. The number of carbonyl (C=O) groups is 1. The molecule has 0 bridgehead atoms. The molecule has 0 radical (unpaired) electrons. The van der Waals surface area contributed by atoms with Gasteiger partial charge in [-0.3, -0.25) is 9.69 Å². The number of nitrogens with one attached hydrogen (secondary N) is 1. The van der Waals surface area contributed by atoms with Crippen LogP contribution in [0.3, 0.4) is 0 Å². The third-order valence-corrected chi connectivity index (χ3v) is 5.55. The highest BCUT2D eigenvalue weighted by molar-refractivity contribution is 6.10. The van der Waals surface area contributed by atoms with Crippen LogP contribution in [0.15, 0.2) is 55.2 Å². The van der Waals surface area contributed by atoms with Crippen LogP contribution in [-0.2, 0) is 18.7 Å². The van der Waals surface area contributed by atoms with E-state index in [1.165, 1.54) is 23.4 Å². The third kappa shape index (κ3) is 5.23. The second-order valence-electron chi connectivity index (χ2n) is 8.33. The zero-order valence-electron chi connectivity index (χ0n) is 18.4. The van der Waals surface area contributed by atoms with E-state index < -0.39 is 34.8 Å². The molecule has 0 fully saturated rings. The Balaban J connectivity index is 1.61. The Morgan fingerprint density at radius 3 is 2.60 bits per heavy atom. The van der Waals surface area contributed by atoms with Gasteiger partial charge >= 0.3 is 6.18 Å². The lowest BCUT2D eigenvalue weighted by Gasteiger charge is -2.33. The van der Waals surface area contributed by atoms with Crippen LogP contribution >= 0.6 is 0 Å². The van der Waals surface area contributed by atoms with E-state index >= 15 is 0 Å². The van der Waals surface area contributed by atoms with E-state index in [1.54, 1.807) is 24.1 Å². The van der Waals surface area contributed by atoms with E-state index in [0.29, 0.717) is 17.1 Å². The van der Waals surface area contributed by atoms with Crippen molar-refractivity contribution < 1.29 is 31.9 Å². The Bertz CT molecular complexity index is 1350. The summed E-state index contributed by atoms with van der Waals surface area (Å²) >= 11 is 0. The predicted octanol–water partition coefficient (Wildman–Crippen LogP) is 3.80. The average Bonchev–Trinajstić information content (AvgIpc) is 3.41. The number of hydrogen-bond acceptors (Lipinski definition) is 5. The van der Waals surface area contributed by atoms with Gasteiger partial charge in [0.2, 0.25) is 0 Å². The SMILES string of the molecule is CN(Cc1ccc2[nH]cc(C(=O)C(F)(F)F)c2c1)CC(O)(Cn1cncn1)c1ccc(F)cc1F. The summed E-state index contributed by atoms with van der Waals surface area (Å²) < 4.78 is 68.2. The zero-order valence-corrected chi connectivity index (χ0v) is 18.4. The number of aromatic amines is 1. The van der Waals surface area contributed by atoms with Crippen molar-refractivity contribution in [3.8, 4) is 0 Å². The number of likely N-dealkylation sites (N-methyl/N-ethyl adjacent to an activating group) is 1. The number of halogens is 5. The lowest BCUT2D eigenvalue weighted by atomic mass is 9.92. The molecule has 4 aromatic rings. The number of nitrogens with zero attached hydrogens (tertiary/aromatic N) is 4. The van der Waals surface area contributed by atoms with Crippen LogP contribution in [0.5, 0.6) is 0 Å². The molecule has 2 N–H and O–H groups in total. The summed E-state index contributed by atoms with van der Waals surface area (Å²) in [7, 11) is 1.62. The molecule has 12 heteroatoms. The van der Waals surface area contributed by atoms with Crippen molar-refractivity contribution in [3.63, 3.8) is 0 Å². The van der Waals surface area contributed by atoms with Gasteiger partial charge in [0, 0.05) is 41.8 Å². The van der Waals surface area contributed by atoms with Crippen molar-refractivity contribution in [2.75, 3.05) is 13.6 Å². The fourth-order valence-electron chi connectivity index (χ4n) is 4.09. The number of alkyl halides is 3. The predicted molar refractivity (Wildman–Crippen MR) is 115 cm³/mol. The maximum Gasteiger partial charge on any atom is 0.454 e. The van der Waals surface area contributed by atoms with E-state index in [-0.39, 0.29) is 30.6 Å². The molecule has 2 heterocycles. The highest BCUT2D eigenvalue weighted by Crippen LogP contribution is 2.30. The number of hydrogen-bond donors (Lipinski definition) is 2. The van der Waals surface area contributed by atoms with Crippen molar-refractivity contribution in [2.24, 2.45) is 0 Å². The van der Waals surface area contributed by atoms with Crippen LogP contribution in [0, 0.1) is 11.6 Å². The van der Waals surface area contributed by atoms with Gasteiger partial charge < -0.3 is 10.1 Å². The van der Waals surface area contributed by atoms with Crippen molar-refractivity contribution >= 4 is 16.7 Å². The second kappa shape index (κ2) is 9.19. The van der Waals surface area contributed by atoms with Gasteiger partial charge in [-0.2, -0.15) is 18.3 Å². The lowest BCUT2D eigenvalue weighted by Crippen LogP contribution is -2.43. The summed E-state index contributed by atoms with van der Waals surface area (Å²) in [6.07, 6.45) is -1.41. The first-order valence-electron chi connectivity index (χ1n) is 10.4.